The molecule has 5 nitrogen and oxygen atoms in total. The molecule has 1 saturated carbocycles. The second-order valence-corrected chi connectivity index (χ2v) is 8.84. The molecule has 2 aliphatic rings. The van der Waals surface area contributed by atoms with Crippen LogP contribution in [0.2, 0.25) is 0 Å². The summed E-state index contributed by atoms with van der Waals surface area (Å²) in [6, 6.07) is 9.82. The number of hydrogen-bond acceptors (Lipinski definition) is 4. The van der Waals surface area contributed by atoms with Gasteiger partial charge in [0.05, 0.1) is 11.5 Å². The summed E-state index contributed by atoms with van der Waals surface area (Å²) in [7, 11) is -2.94. The van der Waals surface area contributed by atoms with Crippen molar-refractivity contribution in [2.24, 2.45) is 5.92 Å². The minimum atomic E-state index is -2.94. The first-order valence-corrected chi connectivity index (χ1v) is 10.0. The number of benzene rings is 1. The average molecular weight is 337 g/mol. The molecule has 126 valence electrons. The standard InChI is InChI=1S/C17H23NO4S/c19-17(9-13-5-4-8-23(20,21)12-13)18-14-10-16(11-14)22-15-6-2-1-3-7-15/h1-3,6-7,13-14,16H,4-5,8-12H2,(H,18,19). The number of ether oxygens (including phenoxy) is 1. The van der Waals surface area contributed by atoms with Crippen LogP contribution in [0.4, 0.5) is 0 Å². The zero-order valence-electron chi connectivity index (χ0n) is 13.1. The normalized spacial score (nSPS) is 29.3. The first kappa shape index (κ1) is 16.3. The van der Waals surface area contributed by atoms with E-state index in [1.807, 2.05) is 30.3 Å². The van der Waals surface area contributed by atoms with Crippen molar-refractivity contribution in [1.82, 2.24) is 5.32 Å². The highest BCUT2D eigenvalue weighted by atomic mass is 32.2. The maximum Gasteiger partial charge on any atom is 0.220 e. The van der Waals surface area contributed by atoms with Crippen molar-refractivity contribution in [3.8, 4) is 5.75 Å². The van der Waals surface area contributed by atoms with E-state index in [0.29, 0.717) is 12.8 Å². The van der Waals surface area contributed by atoms with Gasteiger partial charge in [0.15, 0.2) is 9.84 Å². The van der Waals surface area contributed by atoms with Crippen LogP contribution in [-0.2, 0) is 14.6 Å². The van der Waals surface area contributed by atoms with Gasteiger partial charge in [0.1, 0.15) is 11.9 Å². The molecule has 1 aromatic carbocycles. The highest BCUT2D eigenvalue weighted by molar-refractivity contribution is 7.91. The van der Waals surface area contributed by atoms with E-state index in [4.69, 9.17) is 4.74 Å². The lowest BCUT2D eigenvalue weighted by molar-refractivity contribution is -0.123. The van der Waals surface area contributed by atoms with Gasteiger partial charge < -0.3 is 10.1 Å². The van der Waals surface area contributed by atoms with Crippen molar-refractivity contribution < 1.29 is 17.9 Å². The molecule has 0 aromatic heterocycles. The molecule has 1 aromatic rings. The van der Waals surface area contributed by atoms with Crippen LogP contribution in [0.5, 0.6) is 5.75 Å². The molecule has 1 atom stereocenters. The lowest BCUT2D eigenvalue weighted by Crippen LogP contribution is -2.49. The van der Waals surface area contributed by atoms with Gasteiger partial charge in [-0.15, -0.1) is 0 Å². The van der Waals surface area contributed by atoms with Gasteiger partial charge in [-0.3, -0.25) is 4.79 Å². The van der Waals surface area contributed by atoms with Gasteiger partial charge in [-0.05, 0) is 30.9 Å². The van der Waals surface area contributed by atoms with Crippen molar-refractivity contribution in [1.29, 1.82) is 0 Å². The van der Waals surface area contributed by atoms with Crippen molar-refractivity contribution in [2.45, 2.75) is 44.2 Å². The highest BCUT2D eigenvalue weighted by Crippen LogP contribution is 2.26. The fraction of sp³-hybridized carbons (Fsp3) is 0.588. The van der Waals surface area contributed by atoms with E-state index in [1.165, 1.54) is 0 Å². The monoisotopic (exact) mass is 337 g/mol. The fourth-order valence-electron chi connectivity index (χ4n) is 3.30. The summed E-state index contributed by atoms with van der Waals surface area (Å²) in [5.74, 6) is 1.23. The molecule has 0 spiro atoms. The number of rotatable bonds is 5. The summed E-state index contributed by atoms with van der Waals surface area (Å²) in [5.41, 5.74) is 0. The molecule has 1 unspecified atom stereocenters. The summed E-state index contributed by atoms with van der Waals surface area (Å²) in [6.07, 6.45) is 3.60. The SMILES string of the molecule is O=C(CC1CCCS(=O)(=O)C1)NC1CC(Oc2ccccc2)C1. The van der Waals surface area contributed by atoms with Crippen LogP contribution in [0, 0.1) is 5.92 Å². The van der Waals surface area contributed by atoms with Gasteiger partial charge in [0.25, 0.3) is 0 Å². The van der Waals surface area contributed by atoms with Crippen LogP contribution in [0.3, 0.4) is 0 Å². The number of carbonyl (C=O) groups is 1. The maximum absolute atomic E-state index is 12.0. The number of carbonyl (C=O) groups excluding carboxylic acids is 1. The molecule has 23 heavy (non-hydrogen) atoms. The van der Waals surface area contributed by atoms with Crippen molar-refractivity contribution >= 4 is 15.7 Å². The van der Waals surface area contributed by atoms with Crippen LogP contribution in [0.25, 0.3) is 0 Å². The van der Waals surface area contributed by atoms with Gasteiger partial charge in [-0.2, -0.15) is 0 Å². The third-order valence-electron chi connectivity index (χ3n) is 4.54. The van der Waals surface area contributed by atoms with E-state index in [-0.39, 0.29) is 35.5 Å². The molecule has 6 heteroatoms. The number of amides is 1. The minimum Gasteiger partial charge on any atom is -0.490 e. The van der Waals surface area contributed by atoms with Gasteiger partial charge in [0, 0.05) is 25.3 Å². The van der Waals surface area contributed by atoms with E-state index in [0.717, 1.165) is 25.0 Å². The second kappa shape index (κ2) is 6.91. The number of sulfone groups is 1. The number of para-hydroxylation sites is 1. The van der Waals surface area contributed by atoms with E-state index in [1.54, 1.807) is 0 Å². The second-order valence-electron chi connectivity index (χ2n) is 6.62. The molecule has 1 aliphatic carbocycles. The Bertz CT molecular complexity index is 638. The van der Waals surface area contributed by atoms with Gasteiger partial charge in [-0.1, -0.05) is 18.2 Å². The van der Waals surface area contributed by atoms with E-state index < -0.39 is 9.84 Å². The van der Waals surface area contributed by atoms with Gasteiger partial charge in [0.2, 0.25) is 5.91 Å². The Morgan fingerprint density at radius 2 is 1.96 bits per heavy atom. The largest absolute Gasteiger partial charge is 0.490 e. The molecule has 3 rings (SSSR count). The van der Waals surface area contributed by atoms with Crippen LogP contribution in [0.15, 0.2) is 30.3 Å². The summed E-state index contributed by atoms with van der Waals surface area (Å²) in [4.78, 5) is 12.0. The zero-order chi connectivity index (χ0) is 16.3. The van der Waals surface area contributed by atoms with Crippen molar-refractivity contribution in [2.75, 3.05) is 11.5 Å². The van der Waals surface area contributed by atoms with Crippen molar-refractivity contribution in [3.05, 3.63) is 30.3 Å². The Kier molecular flexibility index (Phi) is 4.90. The summed E-state index contributed by atoms with van der Waals surface area (Å²) in [6.45, 7) is 0. The molecule has 0 radical (unpaired) electrons. The van der Waals surface area contributed by atoms with Crippen LogP contribution in [0.1, 0.15) is 32.1 Å². The highest BCUT2D eigenvalue weighted by Gasteiger charge is 2.33. The summed E-state index contributed by atoms with van der Waals surface area (Å²) in [5, 5.41) is 2.99. The first-order valence-electron chi connectivity index (χ1n) is 8.22. The molecule has 1 N–H and O–H groups in total. The predicted octanol–water partition coefficient (Wildman–Crippen LogP) is 1.93. The molecule has 1 saturated heterocycles. The van der Waals surface area contributed by atoms with Crippen LogP contribution >= 0.6 is 0 Å². The van der Waals surface area contributed by atoms with Gasteiger partial charge in [-0.25, -0.2) is 8.42 Å². The quantitative estimate of drug-likeness (QED) is 0.891. The third-order valence-corrected chi connectivity index (χ3v) is 6.43. The lowest BCUT2D eigenvalue weighted by Gasteiger charge is -2.36. The minimum absolute atomic E-state index is 0.0230. The van der Waals surface area contributed by atoms with Crippen LogP contribution < -0.4 is 10.1 Å². The molecule has 1 aliphatic heterocycles. The van der Waals surface area contributed by atoms with E-state index in [9.17, 15) is 13.2 Å². The average Bonchev–Trinajstić information content (AvgIpc) is 2.45. The number of nitrogens with one attached hydrogen (secondary N) is 1. The molecular weight excluding hydrogens is 314 g/mol. The Balaban J connectivity index is 1.37. The molecule has 0 bridgehead atoms. The third kappa shape index (κ3) is 4.70. The molecule has 2 fully saturated rings. The maximum atomic E-state index is 12.0. The molecule has 1 heterocycles. The van der Waals surface area contributed by atoms with Crippen LogP contribution in [-0.4, -0.2) is 38.0 Å². The van der Waals surface area contributed by atoms with Gasteiger partial charge >= 0.3 is 0 Å². The summed E-state index contributed by atoms with van der Waals surface area (Å²) >= 11 is 0. The Labute approximate surface area is 137 Å². The van der Waals surface area contributed by atoms with E-state index >= 15 is 0 Å². The summed E-state index contributed by atoms with van der Waals surface area (Å²) < 4.78 is 29.0. The smallest absolute Gasteiger partial charge is 0.220 e. The Hall–Kier alpha value is -1.56. The molecular formula is C17H23NO4S. The zero-order valence-corrected chi connectivity index (χ0v) is 13.9. The Morgan fingerprint density at radius 1 is 1.22 bits per heavy atom. The number of hydrogen-bond donors (Lipinski definition) is 1. The fourth-order valence-corrected chi connectivity index (χ4v) is 5.07. The first-order chi connectivity index (χ1) is 11.0. The topological polar surface area (TPSA) is 72.5 Å². The van der Waals surface area contributed by atoms with Crippen molar-refractivity contribution in [3.63, 3.8) is 0 Å². The Morgan fingerprint density at radius 3 is 2.65 bits per heavy atom. The predicted molar refractivity (Wildman–Crippen MR) is 88.0 cm³/mol. The lowest BCUT2D eigenvalue weighted by atomic mass is 9.88. The van der Waals surface area contributed by atoms with E-state index in [2.05, 4.69) is 5.32 Å². The molecule has 1 amide bonds.